The Kier molecular flexibility index (Phi) is 1.86. The van der Waals surface area contributed by atoms with Crippen LogP contribution < -0.4 is 10.1 Å². The van der Waals surface area contributed by atoms with Crippen molar-refractivity contribution in [2.75, 3.05) is 18.7 Å². The number of ether oxygens (including phenoxy) is 1. The summed E-state index contributed by atoms with van der Waals surface area (Å²) in [5.74, 6) is 0.589. The van der Waals surface area contributed by atoms with Crippen molar-refractivity contribution in [3.05, 3.63) is 23.8 Å². The Morgan fingerprint density at radius 3 is 3.25 bits per heavy atom. The van der Waals surface area contributed by atoms with Gasteiger partial charge in [0, 0.05) is 18.3 Å². The molecular weight excluding hydrogens is 157 g/mol. The van der Waals surface area contributed by atoms with Gasteiger partial charge in [-0.1, -0.05) is 6.07 Å². The number of halogens is 1. The Bertz CT molecular complexity index is 288. The molecule has 0 radical (unpaired) electrons. The minimum absolute atomic E-state index is 0.589. The van der Waals surface area contributed by atoms with E-state index in [2.05, 4.69) is 5.32 Å². The Morgan fingerprint density at radius 2 is 2.42 bits per heavy atom. The molecule has 0 atom stereocenters. The van der Waals surface area contributed by atoms with Crippen LogP contribution in [0.15, 0.2) is 18.2 Å². The first-order valence-corrected chi connectivity index (χ1v) is 3.96. The Hall–Kier alpha value is -1.25. The van der Waals surface area contributed by atoms with Gasteiger partial charge in [0.25, 0.3) is 0 Å². The second-order valence-electron chi connectivity index (χ2n) is 2.75. The van der Waals surface area contributed by atoms with Gasteiger partial charge in [0.15, 0.2) is 0 Å². The summed E-state index contributed by atoms with van der Waals surface area (Å²) in [7, 11) is 0. The molecule has 64 valence electrons. The van der Waals surface area contributed by atoms with E-state index in [-0.39, 0.29) is 0 Å². The highest BCUT2D eigenvalue weighted by molar-refractivity contribution is 5.58. The molecule has 1 aliphatic heterocycles. The maximum Gasteiger partial charge on any atom is 0.228 e. The van der Waals surface area contributed by atoms with Crippen LogP contribution in [0.4, 0.5) is 10.1 Å². The van der Waals surface area contributed by atoms with Crippen LogP contribution in [0.1, 0.15) is 5.56 Å². The number of rotatable bonds is 2. The maximum atomic E-state index is 11.8. The van der Waals surface area contributed by atoms with E-state index in [1.807, 2.05) is 12.1 Å². The molecule has 0 fully saturated rings. The standard InChI is InChI=1S/C9H10FNO/c10-6-12-8-2-1-7-3-4-11-9(7)5-8/h1-2,5,11H,3-4,6H2. The Morgan fingerprint density at radius 1 is 1.50 bits per heavy atom. The molecule has 0 bridgehead atoms. The van der Waals surface area contributed by atoms with E-state index in [1.54, 1.807) is 6.07 Å². The fraction of sp³-hybridized carbons (Fsp3) is 0.333. The molecule has 12 heavy (non-hydrogen) atoms. The van der Waals surface area contributed by atoms with Crippen LogP contribution >= 0.6 is 0 Å². The SMILES string of the molecule is FCOc1ccc2c(c1)NCC2. The van der Waals surface area contributed by atoms with E-state index < -0.39 is 6.86 Å². The zero-order valence-electron chi connectivity index (χ0n) is 6.64. The van der Waals surface area contributed by atoms with Crippen LogP contribution in [0.25, 0.3) is 0 Å². The minimum atomic E-state index is -0.765. The zero-order valence-corrected chi connectivity index (χ0v) is 6.64. The fourth-order valence-electron chi connectivity index (χ4n) is 1.42. The van der Waals surface area contributed by atoms with Crippen molar-refractivity contribution in [3.63, 3.8) is 0 Å². The summed E-state index contributed by atoms with van der Waals surface area (Å²) >= 11 is 0. The lowest BCUT2D eigenvalue weighted by Crippen LogP contribution is -1.92. The number of anilines is 1. The van der Waals surface area contributed by atoms with E-state index in [0.717, 1.165) is 18.7 Å². The second-order valence-corrected chi connectivity index (χ2v) is 2.75. The summed E-state index contributed by atoms with van der Waals surface area (Å²) in [6.07, 6.45) is 1.05. The van der Waals surface area contributed by atoms with Crippen molar-refractivity contribution in [1.29, 1.82) is 0 Å². The molecule has 0 aromatic heterocycles. The van der Waals surface area contributed by atoms with Crippen molar-refractivity contribution in [2.24, 2.45) is 0 Å². The molecule has 1 aliphatic rings. The third-order valence-electron chi connectivity index (χ3n) is 2.01. The van der Waals surface area contributed by atoms with Crippen LogP contribution in [-0.2, 0) is 6.42 Å². The summed E-state index contributed by atoms with van der Waals surface area (Å²) < 4.78 is 16.5. The van der Waals surface area contributed by atoms with Gasteiger partial charge in [-0.15, -0.1) is 0 Å². The highest BCUT2D eigenvalue weighted by Gasteiger charge is 2.09. The lowest BCUT2D eigenvalue weighted by molar-refractivity contribution is 0.192. The molecule has 1 aromatic rings. The normalized spacial score (nSPS) is 13.8. The van der Waals surface area contributed by atoms with Gasteiger partial charge in [0.1, 0.15) is 5.75 Å². The van der Waals surface area contributed by atoms with Crippen LogP contribution in [0.2, 0.25) is 0 Å². The van der Waals surface area contributed by atoms with Gasteiger partial charge in [-0.3, -0.25) is 0 Å². The highest BCUT2D eigenvalue weighted by atomic mass is 19.1. The summed E-state index contributed by atoms with van der Waals surface area (Å²) in [6, 6.07) is 5.60. The first-order chi connectivity index (χ1) is 5.90. The lowest BCUT2D eigenvalue weighted by Gasteiger charge is -2.03. The quantitative estimate of drug-likeness (QED) is 0.727. The van der Waals surface area contributed by atoms with Crippen molar-refractivity contribution in [3.8, 4) is 5.75 Å². The molecule has 0 saturated carbocycles. The molecule has 0 saturated heterocycles. The summed E-state index contributed by atoms with van der Waals surface area (Å²) in [6.45, 7) is 0.202. The average Bonchev–Trinajstić information content (AvgIpc) is 2.51. The summed E-state index contributed by atoms with van der Waals surface area (Å²) in [5.41, 5.74) is 2.35. The van der Waals surface area contributed by atoms with Crippen LogP contribution in [-0.4, -0.2) is 13.4 Å². The number of fused-ring (bicyclic) bond motifs is 1. The molecule has 2 rings (SSSR count). The van der Waals surface area contributed by atoms with Gasteiger partial charge in [0.2, 0.25) is 6.86 Å². The molecule has 0 spiro atoms. The summed E-state index contributed by atoms with van der Waals surface area (Å²) in [4.78, 5) is 0. The van der Waals surface area contributed by atoms with E-state index in [4.69, 9.17) is 4.74 Å². The molecular formula is C9H10FNO. The van der Waals surface area contributed by atoms with Gasteiger partial charge in [-0.05, 0) is 18.1 Å². The third kappa shape index (κ3) is 1.22. The molecule has 2 nitrogen and oxygen atoms in total. The number of hydrogen-bond acceptors (Lipinski definition) is 2. The molecule has 0 unspecified atom stereocenters. The number of alkyl halides is 1. The molecule has 3 heteroatoms. The molecule has 0 amide bonds. The van der Waals surface area contributed by atoms with Gasteiger partial charge in [-0.25, -0.2) is 4.39 Å². The van der Waals surface area contributed by atoms with Gasteiger partial charge in [0.05, 0.1) is 0 Å². The van der Waals surface area contributed by atoms with Crippen LogP contribution in [0, 0.1) is 0 Å². The first kappa shape index (κ1) is 7.40. The predicted octanol–water partition coefficient (Wildman–Crippen LogP) is 1.96. The minimum Gasteiger partial charge on any atom is -0.463 e. The Labute approximate surface area is 70.3 Å². The predicted molar refractivity (Wildman–Crippen MR) is 45.2 cm³/mol. The highest BCUT2D eigenvalue weighted by Crippen LogP contribution is 2.26. The molecule has 0 aliphatic carbocycles. The molecule has 1 aromatic carbocycles. The van der Waals surface area contributed by atoms with E-state index in [0.29, 0.717) is 5.75 Å². The lowest BCUT2D eigenvalue weighted by atomic mass is 10.2. The third-order valence-corrected chi connectivity index (χ3v) is 2.01. The second kappa shape index (κ2) is 3.01. The molecule has 1 N–H and O–H groups in total. The maximum absolute atomic E-state index is 11.8. The average molecular weight is 167 g/mol. The number of benzene rings is 1. The van der Waals surface area contributed by atoms with E-state index in [1.165, 1.54) is 5.56 Å². The topological polar surface area (TPSA) is 21.3 Å². The van der Waals surface area contributed by atoms with Crippen molar-refractivity contribution in [1.82, 2.24) is 0 Å². The van der Waals surface area contributed by atoms with E-state index in [9.17, 15) is 4.39 Å². The zero-order chi connectivity index (χ0) is 8.39. The first-order valence-electron chi connectivity index (χ1n) is 3.96. The number of hydrogen-bond donors (Lipinski definition) is 1. The van der Waals surface area contributed by atoms with Crippen molar-refractivity contribution >= 4 is 5.69 Å². The largest absolute Gasteiger partial charge is 0.463 e. The van der Waals surface area contributed by atoms with Crippen LogP contribution in [0.5, 0.6) is 5.75 Å². The van der Waals surface area contributed by atoms with E-state index >= 15 is 0 Å². The Balaban J connectivity index is 2.26. The monoisotopic (exact) mass is 167 g/mol. The van der Waals surface area contributed by atoms with Gasteiger partial charge >= 0.3 is 0 Å². The fourth-order valence-corrected chi connectivity index (χ4v) is 1.42. The van der Waals surface area contributed by atoms with Crippen molar-refractivity contribution in [2.45, 2.75) is 6.42 Å². The number of nitrogens with one attached hydrogen (secondary N) is 1. The summed E-state index contributed by atoms with van der Waals surface area (Å²) in [5, 5.41) is 3.20. The van der Waals surface area contributed by atoms with Gasteiger partial charge in [-0.2, -0.15) is 0 Å². The van der Waals surface area contributed by atoms with Crippen LogP contribution in [0.3, 0.4) is 0 Å². The van der Waals surface area contributed by atoms with Gasteiger partial charge < -0.3 is 10.1 Å². The smallest absolute Gasteiger partial charge is 0.228 e. The van der Waals surface area contributed by atoms with Crippen molar-refractivity contribution < 1.29 is 9.13 Å². The molecule has 1 heterocycles.